The maximum atomic E-state index is 11.8. The predicted octanol–water partition coefficient (Wildman–Crippen LogP) is 2.83. The van der Waals surface area contributed by atoms with Crippen LogP contribution in [0.3, 0.4) is 0 Å². The highest BCUT2D eigenvalue weighted by atomic mass is 16.5. The molecule has 2 amide bonds. The summed E-state index contributed by atoms with van der Waals surface area (Å²) in [5.41, 5.74) is 0.954. The van der Waals surface area contributed by atoms with E-state index in [9.17, 15) is 14.7 Å². The number of carbonyl (C=O) groups is 2. The highest BCUT2D eigenvalue weighted by molar-refractivity contribution is 5.67. The van der Waals surface area contributed by atoms with Crippen molar-refractivity contribution in [3.8, 4) is 0 Å². The van der Waals surface area contributed by atoms with E-state index in [4.69, 9.17) is 4.74 Å². The summed E-state index contributed by atoms with van der Waals surface area (Å²) >= 11 is 0. The van der Waals surface area contributed by atoms with Crippen LogP contribution in [-0.2, 0) is 11.3 Å². The summed E-state index contributed by atoms with van der Waals surface area (Å²) in [5.74, 6) is 0.326. The Morgan fingerprint density at radius 3 is 2.43 bits per heavy atom. The quantitative estimate of drug-likeness (QED) is 0.895. The number of nitrogens with zero attached hydrogens (tertiary/aromatic N) is 1. The molecule has 2 heterocycles. The third kappa shape index (κ3) is 3.75. The van der Waals surface area contributed by atoms with Crippen LogP contribution in [0.2, 0.25) is 0 Å². The molecule has 6 heteroatoms. The molecule has 0 saturated carbocycles. The molecule has 2 N–H and O–H groups in total. The number of carboxylic acid groups (broad SMARTS) is 1. The van der Waals surface area contributed by atoms with Crippen LogP contribution >= 0.6 is 0 Å². The van der Waals surface area contributed by atoms with Gasteiger partial charge in [-0.15, -0.1) is 0 Å². The van der Waals surface area contributed by atoms with Crippen molar-refractivity contribution in [2.24, 2.45) is 5.92 Å². The van der Waals surface area contributed by atoms with E-state index in [2.05, 4.69) is 5.32 Å². The first-order chi connectivity index (χ1) is 11.1. The molecule has 3 atom stereocenters. The number of nitrogens with one attached hydrogen (secondary N) is 1. The first kappa shape index (κ1) is 15.6. The number of hydrogen-bond donors (Lipinski definition) is 2. The molecule has 2 aliphatic rings. The van der Waals surface area contributed by atoms with Crippen molar-refractivity contribution in [3.05, 3.63) is 35.9 Å². The largest absolute Gasteiger partial charge is 0.465 e. The number of rotatable bonds is 4. The Kier molecular flexibility index (Phi) is 4.69. The van der Waals surface area contributed by atoms with Gasteiger partial charge in [-0.05, 0) is 37.2 Å². The zero-order chi connectivity index (χ0) is 16.2. The van der Waals surface area contributed by atoms with Gasteiger partial charge in [-0.1, -0.05) is 30.3 Å². The average molecular weight is 318 g/mol. The molecular weight excluding hydrogens is 296 g/mol. The Labute approximate surface area is 135 Å². The minimum Gasteiger partial charge on any atom is -0.465 e. The minimum atomic E-state index is -0.814. The Hall–Kier alpha value is -2.24. The van der Waals surface area contributed by atoms with E-state index in [1.165, 1.54) is 0 Å². The Morgan fingerprint density at radius 2 is 1.83 bits per heavy atom. The van der Waals surface area contributed by atoms with Gasteiger partial charge in [0, 0.05) is 18.6 Å². The van der Waals surface area contributed by atoms with Gasteiger partial charge < -0.3 is 20.1 Å². The fraction of sp³-hybridized carbons (Fsp3) is 0.529. The van der Waals surface area contributed by atoms with Crippen LogP contribution in [0.1, 0.15) is 31.2 Å². The van der Waals surface area contributed by atoms with Gasteiger partial charge in [-0.25, -0.2) is 9.59 Å². The molecule has 124 valence electrons. The normalized spacial score (nSPS) is 25.9. The fourth-order valence-corrected chi connectivity index (χ4v) is 3.77. The van der Waals surface area contributed by atoms with Crippen molar-refractivity contribution in [1.29, 1.82) is 0 Å². The second-order valence-electron chi connectivity index (χ2n) is 6.35. The smallest absolute Gasteiger partial charge is 0.407 e. The highest BCUT2D eigenvalue weighted by Crippen LogP contribution is 2.38. The minimum absolute atomic E-state index is 0.110. The second kappa shape index (κ2) is 6.89. The number of ether oxygens (including phenoxy) is 1. The maximum absolute atomic E-state index is 11.8. The average Bonchev–Trinajstić information content (AvgIpc) is 2.83. The van der Waals surface area contributed by atoms with Crippen LogP contribution in [0.25, 0.3) is 0 Å². The molecular formula is C17H22N2O4. The van der Waals surface area contributed by atoms with Gasteiger partial charge in [0.2, 0.25) is 0 Å². The number of hydrogen-bond acceptors (Lipinski definition) is 3. The number of fused-ring (bicyclic) bond motifs is 2. The molecule has 0 radical (unpaired) electrons. The van der Waals surface area contributed by atoms with Crippen LogP contribution < -0.4 is 5.32 Å². The zero-order valence-corrected chi connectivity index (χ0v) is 13.0. The Balaban J connectivity index is 1.41. The van der Waals surface area contributed by atoms with Gasteiger partial charge in [0.15, 0.2) is 0 Å². The van der Waals surface area contributed by atoms with E-state index in [0.29, 0.717) is 12.5 Å². The van der Waals surface area contributed by atoms with Gasteiger partial charge in [0.05, 0.1) is 0 Å². The van der Waals surface area contributed by atoms with Crippen LogP contribution in [-0.4, -0.2) is 40.8 Å². The monoisotopic (exact) mass is 318 g/mol. The van der Waals surface area contributed by atoms with E-state index in [1.54, 1.807) is 4.90 Å². The summed E-state index contributed by atoms with van der Waals surface area (Å²) in [6.07, 6.45) is 2.29. The molecule has 0 aliphatic carbocycles. The number of piperidine rings is 1. The first-order valence-electron chi connectivity index (χ1n) is 8.09. The Bertz CT molecular complexity index is 549. The highest BCUT2D eigenvalue weighted by Gasteiger charge is 2.43. The summed E-state index contributed by atoms with van der Waals surface area (Å²) in [6, 6.07) is 9.77. The molecule has 1 aromatic rings. The topological polar surface area (TPSA) is 78.9 Å². The van der Waals surface area contributed by atoms with E-state index >= 15 is 0 Å². The molecule has 2 saturated heterocycles. The molecule has 3 rings (SSSR count). The summed E-state index contributed by atoms with van der Waals surface area (Å²) in [4.78, 5) is 24.6. The van der Waals surface area contributed by atoms with Crippen molar-refractivity contribution >= 4 is 12.2 Å². The molecule has 23 heavy (non-hydrogen) atoms. The van der Waals surface area contributed by atoms with E-state index in [-0.39, 0.29) is 18.7 Å². The van der Waals surface area contributed by atoms with Crippen LogP contribution in [0.15, 0.2) is 30.3 Å². The lowest BCUT2D eigenvalue weighted by Crippen LogP contribution is -2.47. The number of amides is 2. The van der Waals surface area contributed by atoms with Gasteiger partial charge in [-0.2, -0.15) is 0 Å². The van der Waals surface area contributed by atoms with E-state index in [1.807, 2.05) is 30.3 Å². The van der Waals surface area contributed by atoms with Crippen molar-refractivity contribution in [3.63, 3.8) is 0 Å². The third-order valence-electron chi connectivity index (χ3n) is 4.80. The van der Waals surface area contributed by atoms with Crippen LogP contribution in [0, 0.1) is 5.92 Å². The third-order valence-corrected chi connectivity index (χ3v) is 4.80. The summed E-state index contributed by atoms with van der Waals surface area (Å²) in [6.45, 7) is 0.809. The molecule has 1 aromatic carbocycles. The molecule has 0 aromatic heterocycles. The number of alkyl carbamates (subject to hydrolysis) is 1. The lowest BCUT2D eigenvalue weighted by molar-refractivity contribution is 0.0828. The molecule has 0 unspecified atom stereocenters. The van der Waals surface area contributed by atoms with Crippen molar-refractivity contribution in [2.75, 3.05) is 6.54 Å². The van der Waals surface area contributed by atoms with Gasteiger partial charge >= 0.3 is 12.2 Å². The first-order valence-corrected chi connectivity index (χ1v) is 8.09. The Morgan fingerprint density at radius 1 is 1.17 bits per heavy atom. The molecule has 6 nitrogen and oxygen atoms in total. The fourth-order valence-electron chi connectivity index (χ4n) is 3.77. The molecule has 2 fully saturated rings. The lowest BCUT2D eigenvalue weighted by Gasteiger charge is -2.37. The van der Waals surface area contributed by atoms with Gasteiger partial charge in [-0.3, -0.25) is 0 Å². The molecule has 2 bridgehead atoms. The van der Waals surface area contributed by atoms with Crippen LogP contribution in [0.5, 0.6) is 0 Å². The molecule has 2 aliphatic heterocycles. The standard InChI is InChI=1S/C17H22N2O4/c20-16(23-11-12-4-2-1-3-5-12)18-10-13-8-14-6-7-15(9-13)19(14)17(21)22/h1-5,13-15H,6-11H2,(H,18,20)(H,21,22)/t13-,14+,15-. The summed E-state index contributed by atoms with van der Waals surface area (Å²) < 4.78 is 5.19. The lowest BCUT2D eigenvalue weighted by atomic mass is 9.91. The van der Waals surface area contributed by atoms with Gasteiger partial charge in [0.25, 0.3) is 0 Å². The zero-order valence-electron chi connectivity index (χ0n) is 13.0. The molecule has 0 spiro atoms. The number of benzene rings is 1. The van der Waals surface area contributed by atoms with Crippen LogP contribution in [0.4, 0.5) is 9.59 Å². The number of carbonyl (C=O) groups excluding carboxylic acids is 1. The second-order valence-corrected chi connectivity index (χ2v) is 6.35. The predicted molar refractivity (Wildman–Crippen MR) is 84.0 cm³/mol. The van der Waals surface area contributed by atoms with Crippen molar-refractivity contribution in [1.82, 2.24) is 10.2 Å². The SMILES string of the molecule is O=C(NC[C@H]1C[C@H]2CC[C@@H](C1)N2C(=O)O)OCc1ccccc1. The summed E-state index contributed by atoms with van der Waals surface area (Å²) in [7, 11) is 0. The van der Waals surface area contributed by atoms with Crippen molar-refractivity contribution < 1.29 is 19.4 Å². The van der Waals surface area contributed by atoms with Crippen molar-refractivity contribution in [2.45, 2.75) is 44.4 Å². The maximum Gasteiger partial charge on any atom is 0.407 e. The van der Waals surface area contributed by atoms with E-state index < -0.39 is 12.2 Å². The van der Waals surface area contributed by atoms with E-state index in [0.717, 1.165) is 31.2 Å². The summed E-state index contributed by atoms with van der Waals surface area (Å²) in [5, 5.41) is 12.0. The van der Waals surface area contributed by atoms with Gasteiger partial charge in [0.1, 0.15) is 6.61 Å².